The van der Waals surface area contributed by atoms with Crippen molar-refractivity contribution in [2.75, 3.05) is 31.1 Å². The molecule has 0 atom stereocenters. The van der Waals surface area contributed by atoms with Gasteiger partial charge in [0.1, 0.15) is 6.54 Å². The minimum atomic E-state index is 0. The number of hydrogen-bond acceptors (Lipinski definition) is 5. The lowest BCUT2D eigenvalue weighted by atomic mass is 9.98. The van der Waals surface area contributed by atoms with E-state index in [1.807, 2.05) is 25.1 Å². The Hall–Kier alpha value is -1.69. The molecule has 1 aliphatic heterocycles. The van der Waals surface area contributed by atoms with Crippen LogP contribution < -0.4 is 10.2 Å². The molecular weight excluding hydrogens is 501 g/mol. The number of carbonyl (C=O) groups is 1. The SMILES string of the molecule is CCNC(=NCc1csc(C(C)(C)C)n1)N1CCN(c2cnn(C)c2)C(=O)C1.I. The number of aliphatic imine (C=N–C) groups is 1. The summed E-state index contributed by atoms with van der Waals surface area (Å²) in [6.45, 7) is 11.4. The number of halogens is 1. The molecule has 1 amide bonds. The van der Waals surface area contributed by atoms with Gasteiger partial charge in [-0.05, 0) is 6.92 Å². The van der Waals surface area contributed by atoms with Crippen LogP contribution in [0.25, 0.3) is 0 Å². The molecule has 0 unspecified atom stereocenters. The molecule has 0 saturated carbocycles. The van der Waals surface area contributed by atoms with Crippen molar-refractivity contribution < 1.29 is 4.79 Å². The molecule has 0 radical (unpaired) electrons. The van der Waals surface area contributed by atoms with Crippen molar-refractivity contribution >= 4 is 52.9 Å². The lowest BCUT2D eigenvalue weighted by Gasteiger charge is -2.35. The first-order valence-electron chi connectivity index (χ1n) is 9.55. The number of rotatable bonds is 4. The van der Waals surface area contributed by atoms with Crippen molar-refractivity contribution in [3.63, 3.8) is 0 Å². The molecule has 2 aromatic heterocycles. The van der Waals surface area contributed by atoms with Crippen LogP contribution in [0.3, 0.4) is 0 Å². The topological polar surface area (TPSA) is 78.7 Å². The summed E-state index contributed by atoms with van der Waals surface area (Å²) >= 11 is 1.67. The molecular formula is C19H30IN7OS. The Labute approximate surface area is 193 Å². The van der Waals surface area contributed by atoms with Crippen molar-refractivity contribution in [3.05, 3.63) is 28.5 Å². The molecule has 1 fully saturated rings. The van der Waals surface area contributed by atoms with Gasteiger partial charge >= 0.3 is 0 Å². The maximum Gasteiger partial charge on any atom is 0.246 e. The fourth-order valence-electron chi connectivity index (χ4n) is 2.98. The van der Waals surface area contributed by atoms with Gasteiger partial charge in [-0.25, -0.2) is 9.98 Å². The van der Waals surface area contributed by atoms with E-state index in [2.05, 4.69) is 36.6 Å². The van der Waals surface area contributed by atoms with Gasteiger partial charge in [0.15, 0.2) is 5.96 Å². The van der Waals surface area contributed by atoms with E-state index >= 15 is 0 Å². The number of aromatic nitrogens is 3. The highest BCUT2D eigenvalue weighted by atomic mass is 127. The number of carbonyl (C=O) groups excluding carboxylic acids is 1. The molecule has 1 saturated heterocycles. The first kappa shape index (κ1) is 23.6. The Balaban J connectivity index is 0.00000300. The standard InChI is InChI=1S/C19H29N7OS.HI/c1-6-20-18(21-9-14-13-28-17(23-14)19(2,3)4)25-7-8-26(16(27)12-25)15-10-22-24(5)11-15;/h10-11,13H,6-9,12H2,1-5H3,(H,20,21);1H. The first-order valence-corrected chi connectivity index (χ1v) is 10.4. The lowest BCUT2D eigenvalue weighted by Crippen LogP contribution is -2.55. The van der Waals surface area contributed by atoms with Gasteiger partial charge in [-0.1, -0.05) is 20.8 Å². The van der Waals surface area contributed by atoms with Crippen molar-refractivity contribution in [2.24, 2.45) is 12.0 Å². The van der Waals surface area contributed by atoms with E-state index in [1.165, 1.54) is 0 Å². The maximum atomic E-state index is 12.7. The molecule has 0 spiro atoms. The molecule has 3 heterocycles. The van der Waals surface area contributed by atoms with E-state index < -0.39 is 0 Å². The summed E-state index contributed by atoms with van der Waals surface area (Å²) in [5.74, 6) is 0.806. The predicted octanol–water partition coefficient (Wildman–Crippen LogP) is 2.61. The average molecular weight is 531 g/mol. The van der Waals surface area contributed by atoms with Gasteiger partial charge in [-0.2, -0.15) is 5.10 Å². The number of anilines is 1. The molecule has 1 N–H and O–H groups in total. The van der Waals surface area contributed by atoms with Crippen LogP contribution in [0.2, 0.25) is 0 Å². The Morgan fingerprint density at radius 2 is 2.10 bits per heavy atom. The second kappa shape index (κ2) is 9.88. The zero-order chi connectivity index (χ0) is 20.3. The first-order chi connectivity index (χ1) is 13.3. The number of hydrogen-bond donors (Lipinski definition) is 1. The van der Waals surface area contributed by atoms with Crippen molar-refractivity contribution in [2.45, 2.75) is 39.7 Å². The number of guanidine groups is 1. The highest BCUT2D eigenvalue weighted by molar-refractivity contribution is 14.0. The number of nitrogens with one attached hydrogen (secondary N) is 1. The zero-order valence-electron chi connectivity index (χ0n) is 17.7. The zero-order valence-corrected chi connectivity index (χ0v) is 20.8. The lowest BCUT2D eigenvalue weighted by molar-refractivity contribution is -0.120. The van der Waals surface area contributed by atoms with Gasteiger partial charge in [0.05, 0.1) is 29.1 Å². The van der Waals surface area contributed by atoms with Crippen LogP contribution in [-0.2, 0) is 23.8 Å². The van der Waals surface area contributed by atoms with E-state index in [1.54, 1.807) is 27.1 Å². The smallest absolute Gasteiger partial charge is 0.246 e. The third kappa shape index (κ3) is 5.91. The molecule has 0 bridgehead atoms. The summed E-state index contributed by atoms with van der Waals surface area (Å²) in [6.07, 6.45) is 3.59. The van der Waals surface area contributed by atoms with E-state index in [4.69, 9.17) is 9.98 Å². The number of thiazole rings is 1. The molecule has 0 aliphatic carbocycles. The second-order valence-corrected chi connectivity index (χ2v) is 8.76. The summed E-state index contributed by atoms with van der Waals surface area (Å²) in [5, 5.41) is 10.6. The molecule has 8 nitrogen and oxygen atoms in total. The van der Waals surface area contributed by atoms with Crippen LogP contribution in [0.4, 0.5) is 5.69 Å². The molecule has 2 aromatic rings. The monoisotopic (exact) mass is 531 g/mol. The van der Waals surface area contributed by atoms with Gasteiger partial charge in [0.25, 0.3) is 0 Å². The fourth-order valence-corrected chi connectivity index (χ4v) is 3.88. The second-order valence-electron chi connectivity index (χ2n) is 7.90. The van der Waals surface area contributed by atoms with Crippen molar-refractivity contribution in [1.82, 2.24) is 25.0 Å². The van der Waals surface area contributed by atoms with Crippen molar-refractivity contribution in [1.29, 1.82) is 0 Å². The van der Waals surface area contributed by atoms with Crippen LogP contribution in [0.15, 0.2) is 22.8 Å². The summed E-state index contributed by atoms with van der Waals surface area (Å²) in [7, 11) is 1.85. The molecule has 3 rings (SSSR count). The minimum Gasteiger partial charge on any atom is -0.356 e. The highest BCUT2D eigenvalue weighted by Crippen LogP contribution is 2.25. The Kier molecular flexibility index (Phi) is 8.03. The van der Waals surface area contributed by atoms with E-state index in [-0.39, 0.29) is 35.3 Å². The molecule has 1 aliphatic rings. The average Bonchev–Trinajstić information content (AvgIpc) is 3.27. The van der Waals surface area contributed by atoms with Gasteiger partial charge in [-0.3, -0.25) is 9.48 Å². The highest BCUT2D eigenvalue weighted by Gasteiger charge is 2.27. The van der Waals surface area contributed by atoms with Gasteiger partial charge < -0.3 is 15.1 Å². The van der Waals surface area contributed by atoms with E-state index in [0.29, 0.717) is 19.6 Å². The summed E-state index contributed by atoms with van der Waals surface area (Å²) in [4.78, 5) is 25.9. The molecule has 29 heavy (non-hydrogen) atoms. The van der Waals surface area contributed by atoms with Crippen LogP contribution in [0.1, 0.15) is 38.4 Å². The van der Waals surface area contributed by atoms with Crippen LogP contribution in [0, 0.1) is 0 Å². The van der Waals surface area contributed by atoms with Crippen LogP contribution in [-0.4, -0.2) is 57.7 Å². The molecule has 0 aromatic carbocycles. The van der Waals surface area contributed by atoms with E-state index in [9.17, 15) is 4.79 Å². The number of aryl methyl sites for hydroxylation is 1. The largest absolute Gasteiger partial charge is 0.356 e. The van der Waals surface area contributed by atoms with Gasteiger partial charge in [0, 0.05) is 43.7 Å². The summed E-state index contributed by atoms with van der Waals surface area (Å²) < 4.78 is 1.71. The summed E-state index contributed by atoms with van der Waals surface area (Å²) in [6, 6.07) is 0. The fraction of sp³-hybridized carbons (Fsp3) is 0.579. The number of piperazine rings is 1. The Bertz CT molecular complexity index is 855. The van der Waals surface area contributed by atoms with Crippen molar-refractivity contribution in [3.8, 4) is 0 Å². The minimum absolute atomic E-state index is 0. The maximum absolute atomic E-state index is 12.7. The third-order valence-corrected chi connectivity index (χ3v) is 5.76. The quantitative estimate of drug-likeness (QED) is 0.373. The Morgan fingerprint density at radius 1 is 1.34 bits per heavy atom. The van der Waals surface area contributed by atoms with Gasteiger partial charge in [-0.15, -0.1) is 35.3 Å². The third-order valence-electron chi connectivity index (χ3n) is 4.44. The number of nitrogens with zero attached hydrogens (tertiary/aromatic N) is 6. The van der Waals surface area contributed by atoms with Crippen LogP contribution >= 0.6 is 35.3 Å². The summed E-state index contributed by atoms with van der Waals surface area (Å²) in [5.41, 5.74) is 1.85. The normalized spacial score (nSPS) is 15.5. The van der Waals surface area contributed by atoms with Gasteiger partial charge in [0.2, 0.25) is 5.91 Å². The van der Waals surface area contributed by atoms with Crippen LogP contribution in [0.5, 0.6) is 0 Å². The van der Waals surface area contributed by atoms with E-state index in [0.717, 1.165) is 35.4 Å². The number of amides is 1. The molecule has 10 heteroatoms. The predicted molar refractivity (Wildman–Crippen MR) is 128 cm³/mol. The Morgan fingerprint density at radius 3 is 2.66 bits per heavy atom. The molecule has 160 valence electrons.